The summed E-state index contributed by atoms with van der Waals surface area (Å²) >= 11 is 5.78. The van der Waals surface area contributed by atoms with E-state index in [2.05, 4.69) is 10.3 Å². The summed E-state index contributed by atoms with van der Waals surface area (Å²) in [5.41, 5.74) is 0.944. The molecule has 0 aliphatic heterocycles. The number of nitrogens with one attached hydrogen (secondary N) is 1. The van der Waals surface area contributed by atoms with Crippen LogP contribution in [0.2, 0.25) is 5.02 Å². The molecule has 1 aromatic rings. The monoisotopic (exact) mass is 156 g/mol. The van der Waals surface area contributed by atoms with Crippen molar-refractivity contribution in [3.8, 4) is 0 Å². The minimum Gasteiger partial charge on any atom is -0.384 e. The molecule has 1 rings (SSSR count). The summed E-state index contributed by atoms with van der Waals surface area (Å²) in [6, 6.07) is 1.85. The van der Waals surface area contributed by atoms with Crippen molar-refractivity contribution in [1.29, 1.82) is 0 Å². The maximum Gasteiger partial charge on any atom is 0.0820 e. The van der Waals surface area contributed by atoms with Gasteiger partial charge in [0.1, 0.15) is 0 Å². The summed E-state index contributed by atoms with van der Waals surface area (Å²) in [5, 5.41) is 3.77. The predicted octanol–water partition coefficient (Wildman–Crippen LogP) is 2.17. The molecule has 0 radical (unpaired) electrons. The lowest BCUT2D eigenvalue weighted by atomic mass is 10.4. The van der Waals surface area contributed by atoms with E-state index in [4.69, 9.17) is 11.6 Å². The number of hydrogen-bond donors (Lipinski definition) is 1. The fraction of sp³-hybridized carbons (Fsp3) is 0.286. The number of aromatic nitrogens is 1. The zero-order chi connectivity index (χ0) is 7.40. The smallest absolute Gasteiger partial charge is 0.0820 e. The Morgan fingerprint density at radius 3 is 3.10 bits per heavy atom. The van der Waals surface area contributed by atoms with Gasteiger partial charge in [-0.15, -0.1) is 0 Å². The molecule has 0 aliphatic rings. The van der Waals surface area contributed by atoms with Crippen LogP contribution in [0.25, 0.3) is 0 Å². The van der Waals surface area contributed by atoms with Gasteiger partial charge in [-0.1, -0.05) is 11.6 Å². The molecule has 1 aromatic heterocycles. The van der Waals surface area contributed by atoms with Gasteiger partial charge in [0.05, 0.1) is 10.7 Å². The number of anilines is 1. The van der Waals surface area contributed by atoms with E-state index in [9.17, 15) is 0 Å². The molecule has 10 heavy (non-hydrogen) atoms. The highest BCUT2D eigenvalue weighted by atomic mass is 35.5. The van der Waals surface area contributed by atoms with Crippen molar-refractivity contribution >= 4 is 17.3 Å². The fourth-order valence-electron chi connectivity index (χ4n) is 0.709. The van der Waals surface area contributed by atoms with Gasteiger partial charge in [-0.2, -0.15) is 0 Å². The molecule has 0 atom stereocenters. The first-order valence-electron chi connectivity index (χ1n) is 3.18. The number of pyridine rings is 1. The summed E-state index contributed by atoms with van der Waals surface area (Å²) in [6.45, 7) is 2.90. The molecule has 0 fully saturated rings. The summed E-state index contributed by atoms with van der Waals surface area (Å²) in [4.78, 5) is 3.86. The first kappa shape index (κ1) is 7.35. The van der Waals surface area contributed by atoms with E-state index in [0.29, 0.717) is 5.02 Å². The Kier molecular flexibility index (Phi) is 2.51. The molecule has 2 nitrogen and oxygen atoms in total. The van der Waals surface area contributed by atoms with Crippen LogP contribution >= 0.6 is 11.6 Å². The van der Waals surface area contributed by atoms with Crippen molar-refractivity contribution in [1.82, 2.24) is 4.98 Å². The van der Waals surface area contributed by atoms with Crippen molar-refractivity contribution in [2.75, 3.05) is 11.9 Å². The zero-order valence-electron chi connectivity index (χ0n) is 5.76. The van der Waals surface area contributed by atoms with Gasteiger partial charge in [-0.25, -0.2) is 0 Å². The molecule has 0 amide bonds. The third-order valence-corrected chi connectivity index (χ3v) is 1.44. The highest BCUT2D eigenvalue weighted by Crippen LogP contribution is 2.18. The predicted molar refractivity (Wildman–Crippen MR) is 43.4 cm³/mol. The van der Waals surface area contributed by atoms with Crippen LogP contribution in [0.15, 0.2) is 18.5 Å². The van der Waals surface area contributed by atoms with Gasteiger partial charge in [0.2, 0.25) is 0 Å². The fourth-order valence-corrected chi connectivity index (χ4v) is 0.895. The largest absolute Gasteiger partial charge is 0.384 e. The van der Waals surface area contributed by atoms with Crippen molar-refractivity contribution in [2.24, 2.45) is 0 Å². The van der Waals surface area contributed by atoms with E-state index >= 15 is 0 Å². The van der Waals surface area contributed by atoms with E-state index in [1.807, 2.05) is 13.0 Å². The van der Waals surface area contributed by atoms with Crippen LogP contribution in [0.4, 0.5) is 5.69 Å². The third kappa shape index (κ3) is 1.61. The second-order valence-electron chi connectivity index (χ2n) is 1.89. The minimum atomic E-state index is 0.671. The molecule has 1 N–H and O–H groups in total. The maximum atomic E-state index is 5.78. The molecular weight excluding hydrogens is 148 g/mol. The molecule has 0 spiro atoms. The van der Waals surface area contributed by atoms with E-state index in [1.165, 1.54) is 0 Å². The van der Waals surface area contributed by atoms with Crippen molar-refractivity contribution in [3.05, 3.63) is 23.5 Å². The Hall–Kier alpha value is -0.760. The number of hydrogen-bond acceptors (Lipinski definition) is 2. The minimum absolute atomic E-state index is 0.671. The van der Waals surface area contributed by atoms with Gasteiger partial charge in [0.25, 0.3) is 0 Å². The summed E-state index contributed by atoms with van der Waals surface area (Å²) in [7, 11) is 0. The summed E-state index contributed by atoms with van der Waals surface area (Å²) < 4.78 is 0. The van der Waals surface area contributed by atoms with E-state index < -0.39 is 0 Å². The molecule has 0 aromatic carbocycles. The van der Waals surface area contributed by atoms with Crippen LogP contribution in [0.1, 0.15) is 6.92 Å². The van der Waals surface area contributed by atoms with Crippen molar-refractivity contribution < 1.29 is 0 Å². The van der Waals surface area contributed by atoms with Gasteiger partial charge in [-0.05, 0) is 13.0 Å². The molecule has 3 heteroatoms. The summed E-state index contributed by atoms with van der Waals surface area (Å²) in [6.07, 6.45) is 3.34. The zero-order valence-corrected chi connectivity index (χ0v) is 6.52. The lowest BCUT2D eigenvalue weighted by molar-refractivity contribution is 1.20. The van der Waals surface area contributed by atoms with Crippen LogP contribution < -0.4 is 5.32 Å². The highest BCUT2D eigenvalue weighted by Gasteiger charge is 1.94. The Morgan fingerprint density at radius 2 is 2.50 bits per heavy atom. The Bertz CT molecular complexity index is 213. The van der Waals surface area contributed by atoms with Gasteiger partial charge < -0.3 is 5.32 Å². The molecule has 0 bridgehead atoms. The topological polar surface area (TPSA) is 24.9 Å². The number of rotatable bonds is 2. The van der Waals surface area contributed by atoms with Gasteiger partial charge >= 0.3 is 0 Å². The SMILES string of the molecule is CCNc1ccncc1Cl. The highest BCUT2D eigenvalue weighted by molar-refractivity contribution is 6.33. The number of halogens is 1. The lowest BCUT2D eigenvalue weighted by Crippen LogP contribution is -1.96. The van der Waals surface area contributed by atoms with Crippen LogP contribution in [-0.4, -0.2) is 11.5 Å². The molecule has 0 aliphatic carbocycles. The van der Waals surface area contributed by atoms with Crippen molar-refractivity contribution in [2.45, 2.75) is 6.92 Å². The average molecular weight is 157 g/mol. The third-order valence-electron chi connectivity index (χ3n) is 1.14. The van der Waals surface area contributed by atoms with E-state index in [1.54, 1.807) is 12.4 Å². The normalized spacial score (nSPS) is 9.40. The maximum absolute atomic E-state index is 5.78. The first-order chi connectivity index (χ1) is 4.84. The standard InChI is InChI=1S/C7H9ClN2/c1-2-10-7-3-4-9-5-6(7)8/h3-5H,2H2,1H3,(H,9,10). The second kappa shape index (κ2) is 3.42. The molecule has 0 unspecified atom stereocenters. The van der Waals surface area contributed by atoms with Gasteiger partial charge in [0.15, 0.2) is 0 Å². The first-order valence-corrected chi connectivity index (χ1v) is 3.55. The Morgan fingerprint density at radius 1 is 1.70 bits per heavy atom. The summed E-state index contributed by atoms with van der Waals surface area (Å²) in [5.74, 6) is 0. The molecule has 0 saturated carbocycles. The van der Waals surface area contributed by atoms with Gasteiger partial charge in [0, 0.05) is 18.9 Å². The molecule has 54 valence electrons. The van der Waals surface area contributed by atoms with Crippen LogP contribution in [-0.2, 0) is 0 Å². The second-order valence-corrected chi connectivity index (χ2v) is 2.29. The Balaban J connectivity index is 2.81. The van der Waals surface area contributed by atoms with Crippen LogP contribution in [0.3, 0.4) is 0 Å². The molecular formula is C7H9ClN2. The van der Waals surface area contributed by atoms with Crippen LogP contribution in [0, 0.1) is 0 Å². The number of nitrogens with zero attached hydrogens (tertiary/aromatic N) is 1. The molecule has 0 saturated heterocycles. The van der Waals surface area contributed by atoms with E-state index in [-0.39, 0.29) is 0 Å². The van der Waals surface area contributed by atoms with Crippen LogP contribution in [0.5, 0.6) is 0 Å². The lowest BCUT2D eigenvalue weighted by Gasteiger charge is -2.02. The quantitative estimate of drug-likeness (QED) is 0.710. The van der Waals surface area contributed by atoms with Crippen molar-refractivity contribution in [3.63, 3.8) is 0 Å². The molecule has 1 heterocycles. The Labute approximate surface area is 65.2 Å². The van der Waals surface area contributed by atoms with E-state index in [0.717, 1.165) is 12.2 Å². The average Bonchev–Trinajstić information content (AvgIpc) is 1.94. The van der Waals surface area contributed by atoms with Gasteiger partial charge in [-0.3, -0.25) is 4.98 Å².